The van der Waals surface area contributed by atoms with Gasteiger partial charge in [-0.3, -0.25) is 0 Å². The molecule has 2 heterocycles. The van der Waals surface area contributed by atoms with Crippen molar-refractivity contribution in [3.8, 4) is 0 Å². The number of anilines is 1. The molecular formula is C17H30N4. The van der Waals surface area contributed by atoms with Gasteiger partial charge in [-0.15, -0.1) is 0 Å². The molecule has 4 heteroatoms. The molecule has 1 aliphatic rings. The van der Waals surface area contributed by atoms with Gasteiger partial charge in [0.05, 0.1) is 5.69 Å². The smallest absolute Gasteiger partial charge is 0.129 e. The zero-order valence-corrected chi connectivity index (χ0v) is 14.2. The van der Waals surface area contributed by atoms with Gasteiger partial charge in [0.1, 0.15) is 5.82 Å². The number of hydrogen-bond donors (Lipinski definition) is 1. The first-order chi connectivity index (χ1) is 9.85. The van der Waals surface area contributed by atoms with Crippen molar-refractivity contribution in [3.63, 3.8) is 0 Å². The molecule has 118 valence electrons. The molecule has 1 N–H and O–H groups in total. The minimum absolute atomic E-state index is 0.121. The van der Waals surface area contributed by atoms with Gasteiger partial charge in [0, 0.05) is 31.2 Å². The quantitative estimate of drug-likeness (QED) is 0.927. The van der Waals surface area contributed by atoms with Crippen LogP contribution >= 0.6 is 0 Å². The average Bonchev–Trinajstić information content (AvgIpc) is 2.56. The van der Waals surface area contributed by atoms with Crippen molar-refractivity contribution in [1.29, 1.82) is 0 Å². The standard InChI is InChI=1S/C17H30N4/c1-14-13-20(5)10-7-11-21(14)16-9-6-8-15(19-16)12-18-17(2,3)4/h6,8-9,14,18H,7,10-13H2,1-5H3. The molecule has 0 bridgehead atoms. The summed E-state index contributed by atoms with van der Waals surface area (Å²) in [5.74, 6) is 1.12. The summed E-state index contributed by atoms with van der Waals surface area (Å²) in [6, 6.07) is 6.89. The predicted molar refractivity (Wildman–Crippen MR) is 89.8 cm³/mol. The third-order valence-electron chi connectivity index (χ3n) is 3.93. The molecule has 0 amide bonds. The monoisotopic (exact) mass is 290 g/mol. The SMILES string of the molecule is CC1CN(C)CCCN1c1cccc(CNC(C)(C)C)n1. The Hall–Kier alpha value is -1.13. The third kappa shape index (κ3) is 4.97. The second-order valence-electron chi connectivity index (χ2n) is 7.25. The fourth-order valence-electron chi connectivity index (χ4n) is 2.79. The van der Waals surface area contributed by atoms with E-state index in [4.69, 9.17) is 4.98 Å². The number of pyridine rings is 1. The first-order valence-electron chi connectivity index (χ1n) is 8.01. The maximum atomic E-state index is 4.86. The summed E-state index contributed by atoms with van der Waals surface area (Å²) in [4.78, 5) is 9.72. The molecule has 1 aromatic rings. The van der Waals surface area contributed by atoms with Crippen LogP contribution in [0.25, 0.3) is 0 Å². The van der Waals surface area contributed by atoms with Gasteiger partial charge in [0.2, 0.25) is 0 Å². The van der Waals surface area contributed by atoms with Crippen LogP contribution in [0.3, 0.4) is 0 Å². The molecule has 4 nitrogen and oxygen atoms in total. The summed E-state index contributed by atoms with van der Waals surface area (Å²) in [7, 11) is 2.21. The van der Waals surface area contributed by atoms with Crippen LogP contribution in [-0.2, 0) is 6.54 Å². The summed E-state index contributed by atoms with van der Waals surface area (Å²) >= 11 is 0. The van der Waals surface area contributed by atoms with Crippen molar-refractivity contribution in [2.45, 2.75) is 52.2 Å². The van der Waals surface area contributed by atoms with Crippen LogP contribution in [0.4, 0.5) is 5.82 Å². The largest absolute Gasteiger partial charge is 0.353 e. The summed E-state index contributed by atoms with van der Waals surface area (Å²) in [5.41, 5.74) is 1.24. The molecular weight excluding hydrogens is 260 g/mol. The van der Waals surface area contributed by atoms with Gasteiger partial charge in [0.25, 0.3) is 0 Å². The fourth-order valence-corrected chi connectivity index (χ4v) is 2.79. The average molecular weight is 290 g/mol. The Kier molecular flexibility index (Phi) is 5.22. The van der Waals surface area contributed by atoms with Crippen LogP contribution in [-0.4, -0.2) is 48.1 Å². The molecule has 1 saturated heterocycles. The van der Waals surface area contributed by atoms with E-state index in [0.717, 1.165) is 31.1 Å². The molecule has 0 aromatic carbocycles. The van der Waals surface area contributed by atoms with Gasteiger partial charge in [-0.1, -0.05) is 6.07 Å². The summed E-state index contributed by atoms with van der Waals surface area (Å²) < 4.78 is 0. The maximum Gasteiger partial charge on any atom is 0.129 e. The van der Waals surface area contributed by atoms with Crippen LogP contribution in [0.2, 0.25) is 0 Å². The van der Waals surface area contributed by atoms with Gasteiger partial charge in [0.15, 0.2) is 0 Å². The van der Waals surface area contributed by atoms with Crippen molar-refractivity contribution in [1.82, 2.24) is 15.2 Å². The Bertz CT molecular complexity index is 452. The Morgan fingerprint density at radius 1 is 1.29 bits per heavy atom. The van der Waals surface area contributed by atoms with E-state index in [1.807, 2.05) is 0 Å². The van der Waals surface area contributed by atoms with Crippen molar-refractivity contribution in [3.05, 3.63) is 23.9 Å². The lowest BCUT2D eigenvalue weighted by Gasteiger charge is -2.29. The summed E-state index contributed by atoms with van der Waals surface area (Å²) in [5, 5.41) is 3.51. The molecule has 2 rings (SSSR count). The zero-order chi connectivity index (χ0) is 15.5. The molecule has 0 saturated carbocycles. The fraction of sp³-hybridized carbons (Fsp3) is 0.706. The summed E-state index contributed by atoms with van der Waals surface area (Å²) in [6.45, 7) is 13.0. The van der Waals surface area contributed by atoms with E-state index in [1.54, 1.807) is 0 Å². The summed E-state index contributed by atoms with van der Waals surface area (Å²) in [6.07, 6.45) is 1.20. The highest BCUT2D eigenvalue weighted by molar-refractivity contribution is 5.40. The second kappa shape index (κ2) is 6.75. The minimum Gasteiger partial charge on any atom is -0.353 e. The van der Waals surface area contributed by atoms with Crippen molar-refractivity contribution < 1.29 is 0 Å². The van der Waals surface area contributed by atoms with Crippen LogP contribution in [0.15, 0.2) is 18.2 Å². The first-order valence-corrected chi connectivity index (χ1v) is 8.01. The molecule has 21 heavy (non-hydrogen) atoms. The number of nitrogens with zero attached hydrogens (tertiary/aromatic N) is 3. The predicted octanol–water partition coefficient (Wildman–Crippen LogP) is 2.50. The van der Waals surface area contributed by atoms with Crippen molar-refractivity contribution >= 4 is 5.82 Å². The van der Waals surface area contributed by atoms with Crippen LogP contribution in [0.1, 0.15) is 39.8 Å². The van der Waals surface area contributed by atoms with E-state index in [2.05, 4.69) is 68.1 Å². The van der Waals surface area contributed by atoms with Gasteiger partial charge >= 0.3 is 0 Å². The molecule has 1 unspecified atom stereocenters. The van der Waals surface area contributed by atoms with Gasteiger partial charge < -0.3 is 15.1 Å². The van der Waals surface area contributed by atoms with Gasteiger partial charge in [-0.2, -0.15) is 0 Å². The number of nitrogens with one attached hydrogen (secondary N) is 1. The van der Waals surface area contributed by atoms with E-state index in [0.29, 0.717) is 6.04 Å². The Morgan fingerprint density at radius 2 is 2.05 bits per heavy atom. The van der Waals surface area contributed by atoms with E-state index >= 15 is 0 Å². The lowest BCUT2D eigenvalue weighted by atomic mass is 10.1. The highest BCUT2D eigenvalue weighted by Crippen LogP contribution is 2.18. The third-order valence-corrected chi connectivity index (χ3v) is 3.93. The maximum absolute atomic E-state index is 4.86. The molecule has 0 radical (unpaired) electrons. The van der Waals surface area contributed by atoms with Gasteiger partial charge in [-0.05, 0) is 59.8 Å². The van der Waals surface area contributed by atoms with Crippen LogP contribution < -0.4 is 10.2 Å². The van der Waals surface area contributed by atoms with E-state index < -0.39 is 0 Å². The van der Waals surface area contributed by atoms with Crippen molar-refractivity contribution in [2.75, 3.05) is 31.6 Å². The topological polar surface area (TPSA) is 31.4 Å². The number of hydrogen-bond acceptors (Lipinski definition) is 4. The van der Waals surface area contributed by atoms with Gasteiger partial charge in [-0.25, -0.2) is 4.98 Å². The first kappa shape index (κ1) is 16.2. The molecule has 0 spiro atoms. The molecule has 1 aliphatic heterocycles. The lowest BCUT2D eigenvalue weighted by molar-refractivity contribution is 0.337. The highest BCUT2D eigenvalue weighted by atomic mass is 15.3. The normalized spacial score (nSPS) is 21.4. The Balaban J connectivity index is 2.09. The molecule has 1 fully saturated rings. The molecule has 1 atom stereocenters. The van der Waals surface area contributed by atoms with E-state index in [-0.39, 0.29) is 5.54 Å². The number of likely N-dealkylation sites (N-methyl/N-ethyl adjacent to an activating group) is 1. The number of aromatic nitrogens is 1. The van der Waals surface area contributed by atoms with Crippen LogP contribution in [0, 0.1) is 0 Å². The van der Waals surface area contributed by atoms with E-state index in [9.17, 15) is 0 Å². The second-order valence-corrected chi connectivity index (χ2v) is 7.25. The highest BCUT2D eigenvalue weighted by Gasteiger charge is 2.21. The van der Waals surface area contributed by atoms with Crippen LogP contribution in [0.5, 0.6) is 0 Å². The Morgan fingerprint density at radius 3 is 2.76 bits per heavy atom. The van der Waals surface area contributed by atoms with E-state index in [1.165, 1.54) is 13.0 Å². The molecule has 0 aliphatic carbocycles. The minimum atomic E-state index is 0.121. The van der Waals surface area contributed by atoms with Crippen molar-refractivity contribution in [2.24, 2.45) is 0 Å². The zero-order valence-electron chi connectivity index (χ0n) is 14.2. The number of rotatable bonds is 3. The molecule has 1 aromatic heterocycles. The lowest BCUT2D eigenvalue weighted by Crippen LogP contribution is -2.39. The Labute approximate surface area is 129 Å².